The molecule has 1 aromatic heterocycles. The molecule has 0 aliphatic heterocycles. The van der Waals surface area contributed by atoms with Gasteiger partial charge in [-0.05, 0) is 18.9 Å². The van der Waals surface area contributed by atoms with Crippen molar-refractivity contribution in [3.63, 3.8) is 0 Å². The van der Waals surface area contributed by atoms with Crippen LogP contribution >= 0.6 is 0 Å². The van der Waals surface area contributed by atoms with E-state index >= 15 is 0 Å². The number of hydrogen-bond acceptors (Lipinski definition) is 2. The molecule has 11 heavy (non-hydrogen) atoms. The Bertz CT molecular complexity index is 297. The van der Waals surface area contributed by atoms with Crippen LogP contribution in [0.2, 0.25) is 0 Å². The van der Waals surface area contributed by atoms with Gasteiger partial charge in [-0.15, -0.1) is 0 Å². The third-order valence-electron chi connectivity index (χ3n) is 2.24. The summed E-state index contributed by atoms with van der Waals surface area (Å²) in [5.74, 6) is 1.25. The molecule has 0 aromatic carbocycles. The van der Waals surface area contributed by atoms with Gasteiger partial charge in [-0.1, -0.05) is 0 Å². The fourth-order valence-electron chi connectivity index (χ4n) is 1.54. The SMILES string of the molecule is Cc1occ2c1CC(=O)CC2. The molecule has 0 amide bonds. The van der Waals surface area contributed by atoms with Gasteiger partial charge in [0, 0.05) is 18.4 Å². The first-order valence-electron chi connectivity index (χ1n) is 3.85. The first-order valence-corrected chi connectivity index (χ1v) is 3.85. The lowest BCUT2D eigenvalue weighted by molar-refractivity contribution is -0.118. The number of ketones is 1. The van der Waals surface area contributed by atoms with E-state index in [1.807, 2.05) is 6.92 Å². The molecule has 2 heteroatoms. The van der Waals surface area contributed by atoms with Gasteiger partial charge in [-0.2, -0.15) is 0 Å². The summed E-state index contributed by atoms with van der Waals surface area (Å²) in [5, 5.41) is 0. The quantitative estimate of drug-likeness (QED) is 0.562. The average Bonchev–Trinajstić information content (AvgIpc) is 2.33. The van der Waals surface area contributed by atoms with Crippen molar-refractivity contribution in [3.8, 4) is 0 Å². The largest absolute Gasteiger partial charge is 0.469 e. The monoisotopic (exact) mass is 150 g/mol. The van der Waals surface area contributed by atoms with Crippen LogP contribution in [0.15, 0.2) is 10.7 Å². The summed E-state index contributed by atoms with van der Waals surface area (Å²) in [6.07, 6.45) is 3.91. The molecule has 1 aliphatic carbocycles. The molecule has 0 atom stereocenters. The lowest BCUT2D eigenvalue weighted by Crippen LogP contribution is -2.11. The molecule has 1 aliphatic rings. The Morgan fingerprint density at radius 3 is 3.09 bits per heavy atom. The van der Waals surface area contributed by atoms with Crippen molar-refractivity contribution >= 4 is 5.78 Å². The zero-order chi connectivity index (χ0) is 7.84. The summed E-state index contributed by atoms with van der Waals surface area (Å²) in [6, 6.07) is 0. The molecule has 0 saturated heterocycles. The summed E-state index contributed by atoms with van der Waals surface area (Å²) >= 11 is 0. The minimum absolute atomic E-state index is 0.335. The first-order chi connectivity index (χ1) is 5.27. The van der Waals surface area contributed by atoms with Crippen molar-refractivity contribution < 1.29 is 9.21 Å². The van der Waals surface area contributed by atoms with Crippen molar-refractivity contribution in [1.82, 2.24) is 0 Å². The minimum atomic E-state index is 0.335. The third-order valence-corrected chi connectivity index (χ3v) is 2.24. The second-order valence-electron chi connectivity index (χ2n) is 3.01. The number of aryl methyl sites for hydroxylation is 2. The highest BCUT2D eigenvalue weighted by molar-refractivity contribution is 5.83. The Kier molecular flexibility index (Phi) is 1.34. The van der Waals surface area contributed by atoms with Gasteiger partial charge in [0.25, 0.3) is 0 Å². The van der Waals surface area contributed by atoms with Crippen LogP contribution < -0.4 is 0 Å². The predicted octanol–water partition coefficient (Wildman–Crippen LogP) is 1.65. The normalized spacial score (nSPS) is 16.6. The average molecular weight is 150 g/mol. The summed E-state index contributed by atoms with van der Waals surface area (Å²) in [5.41, 5.74) is 2.35. The number of carbonyl (C=O) groups excluding carboxylic acids is 1. The van der Waals surface area contributed by atoms with E-state index in [2.05, 4.69) is 0 Å². The van der Waals surface area contributed by atoms with E-state index in [1.165, 1.54) is 5.56 Å². The van der Waals surface area contributed by atoms with E-state index in [0.717, 1.165) is 17.7 Å². The fourth-order valence-corrected chi connectivity index (χ4v) is 1.54. The van der Waals surface area contributed by atoms with Crippen molar-refractivity contribution in [1.29, 1.82) is 0 Å². The van der Waals surface area contributed by atoms with Crippen LogP contribution in [0.5, 0.6) is 0 Å². The predicted molar refractivity (Wildman–Crippen MR) is 40.5 cm³/mol. The Balaban J connectivity index is 2.45. The van der Waals surface area contributed by atoms with Gasteiger partial charge < -0.3 is 4.42 Å². The fraction of sp³-hybridized carbons (Fsp3) is 0.444. The number of Topliss-reactive ketones (excluding diaryl/α,β-unsaturated/α-hetero) is 1. The van der Waals surface area contributed by atoms with Crippen LogP contribution in [0.1, 0.15) is 23.3 Å². The summed E-state index contributed by atoms with van der Waals surface area (Å²) in [6.45, 7) is 1.91. The standard InChI is InChI=1S/C9H10O2/c1-6-9-4-8(10)3-2-7(9)5-11-6/h5H,2-4H2,1H3. The van der Waals surface area contributed by atoms with Crippen LogP contribution in [0.4, 0.5) is 0 Å². The second kappa shape index (κ2) is 2.22. The molecule has 2 nitrogen and oxygen atoms in total. The third kappa shape index (κ3) is 0.985. The number of furan rings is 1. The number of fused-ring (bicyclic) bond motifs is 1. The van der Waals surface area contributed by atoms with E-state index in [1.54, 1.807) is 6.26 Å². The Morgan fingerprint density at radius 2 is 2.27 bits per heavy atom. The van der Waals surface area contributed by atoms with E-state index < -0.39 is 0 Å². The number of carbonyl (C=O) groups is 1. The molecular formula is C9H10O2. The van der Waals surface area contributed by atoms with Gasteiger partial charge >= 0.3 is 0 Å². The number of rotatable bonds is 0. The lowest BCUT2D eigenvalue weighted by Gasteiger charge is -2.08. The van der Waals surface area contributed by atoms with Crippen LogP contribution in [0.25, 0.3) is 0 Å². The molecule has 0 saturated carbocycles. The highest BCUT2D eigenvalue weighted by atomic mass is 16.3. The molecule has 0 fully saturated rings. The molecular weight excluding hydrogens is 140 g/mol. The second-order valence-corrected chi connectivity index (χ2v) is 3.01. The van der Waals surface area contributed by atoms with Gasteiger partial charge in [-0.25, -0.2) is 0 Å². The maximum Gasteiger partial charge on any atom is 0.137 e. The molecule has 0 radical (unpaired) electrons. The first kappa shape index (κ1) is 6.65. The maximum atomic E-state index is 11.0. The molecule has 1 aromatic rings. The Labute approximate surface area is 65.2 Å². The Hall–Kier alpha value is -1.05. The molecule has 1 heterocycles. The maximum absolute atomic E-state index is 11.0. The summed E-state index contributed by atoms with van der Waals surface area (Å²) < 4.78 is 5.21. The van der Waals surface area contributed by atoms with Crippen molar-refractivity contribution in [2.45, 2.75) is 26.2 Å². The van der Waals surface area contributed by atoms with Crippen LogP contribution in [0, 0.1) is 6.92 Å². The zero-order valence-electron chi connectivity index (χ0n) is 6.52. The summed E-state index contributed by atoms with van der Waals surface area (Å²) in [4.78, 5) is 11.0. The van der Waals surface area contributed by atoms with Gasteiger partial charge in [-0.3, -0.25) is 4.79 Å². The van der Waals surface area contributed by atoms with Gasteiger partial charge in [0.1, 0.15) is 11.5 Å². The molecule has 58 valence electrons. The molecule has 0 spiro atoms. The van der Waals surface area contributed by atoms with Crippen LogP contribution in [0.3, 0.4) is 0 Å². The topological polar surface area (TPSA) is 30.2 Å². The van der Waals surface area contributed by atoms with E-state index in [-0.39, 0.29) is 0 Å². The van der Waals surface area contributed by atoms with E-state index in [9.17, 15) is 4.79 Å². The van der Waals surface area contributed by atoms with Crippen molar-refractivity contribution in [2.75, 3.05) is 0 Å². The molecule has 2 rings (SSSR count). The van der Waals surface area contributed by atoms with Crippen LogP contribution in [-0.4, -0.2) is 5.78 Å². The molecule has 0 bridgehead atoms. The molecule has 0 unspecified atom stereocenters. The smallest absolute Gasteiger partial charge is 0.137 e. The van der Waals surface area contributed by atoms with Gasteiger partial charge in [0.05, 0.1) is 6.26 Å². The number of hydrogen-bond donors (Lipinski definition) is 0. The lowest BCUT2D eigenvalue weighted by atomic mass is 9.93. The van der Waals surface area contributed by atoms with Crippen molar-refractivity contribution in [2.24, 2.45) is 0 Å². The Morgan fingerprint density at radius 1 is 1.45 bits per heavy atom. The van der Waals surface area contributed by atoms with Gasteiger partial charge in [0.2, 0.25) is 0 Å². The zero-order valence-corrected chi connectivity index (χ0v) is 6.52. The highest BCUT2D eigenvalue weighted by Crippen LogP contribution is 2.23. The highest BCUT2D eigenvalue weighted by Gasteiger charge is 2.19. The van der Waals surface area contributed by atoms with E-state index in [4.69, 9.17) is 4.42 Å². The summed E-state index contributed by atoms with van der Waals surface area (Å²) in [7, 11) is 0. The van der Waals surface area contributed by atoms with Gasteiger partial charge in [0.15, 0.2) is 0 Å². The minimum Gasteiger partial charge on any atom is -0.469 e. The van der Waals surface area contributed by atoms with Crippen molar-refractivity contribution in [3.05, 3.63) is 23.2 Å². The van der Waals surface area contributed by atoms with Crippen LogP contribution in [-0.2, 0) is 17.6 Å². The molecule has 0 N–H and O–H groups in total. The van der Waals surface area contributed by atoms with E-state index in [0.29, 0.717) is 18.6 Å².